The number of rotatable bonds is 6. The van der Waals surface area contributed by atoms with Crippen molar-refractivity contribution in [1.82, 2.24) is 10.9 Å². The highest BCUT2D eigenvalue weighted by atomic mass is 19.3. The van der Waals surface area contributed by atoms with Gasteiger partial charge >= 0.3 is 6.61 Å². The van der Waals surface area contributed by atoms with Crippen LogP contribution in [-0.2, 0) is 0 Å². The van der Waals surface area contributed by atoms with E-state index in [0.717, 1.165) is 5.56 Å². The van der Waals surface area contributed by atoms with Crippen molar-refractivity contribution < 1.29 is 27.8 Å². The molecule has 26 heavy (non-hydrogen) atoms. The standard InChI is InChI=1S/C18H18F2N2O4/c1-3-25-15-10-12(8-9-14(15)26-18(19)20)16(23)21-22-17(24)13-7-5-4-6-11(13)2/h4-10,18H,3H2,1-2H3,(H,21,23)(H,22,24). The number of carbonyl (C=O) groups is 2. The Bertz CT molecular complexity index is 797. The predicted octanol–water partition coefficient (Wildman–Crippen LogP) is 3.07. The van der Waals surface area contributed by atoms with Gasteiger partial charge in [-0.3, -0.25) is 20.4 Å². The molecule has 0 aliphatic carbocycles. The van der Waals surface area contributed by atoms with Crippen LogP contribution in [0.15, 0.2) is 42.5 Å². The van der Waals surface area contributed by atoms with Crippen LogP contribution in [0.25, 0.3) is 0 Å². The van der Waals surface area contributed by atoms with Gasteiger partial charge < -0.3 is 9.47 Å². The normalized spacial score (nSPS) is 10.3. The van der Waals surface area contributed by atoms with Gasteiger partial charge in [0.25, 0.3) is 11.8 Å². The summed E-state index contributed by atoms with van der Waals surface area (Å²) < 4.78 is 34.4. The molecule has 2 amide bonds. The fourth-order valence-electron chi connectivity index (χ4n) is 2.19. The number of carbonyl (C=O) groups excluding carboxylic acids is 2. The van der Waals surface area contributed by atoms with Crippen molar-refractivity contribution >= 4 is 11.8 Å². The van der Waals surface area contributed by atoms with Crippen LogP contribution in [0.1, 0.15) is 33.2 Å². The first kappa shape index (κ1) is 19.2. The fraction of sp³-hybridized carbons (Fsp3) is 0.222. The fourth-order valence-corrected chi connectivity index (χ4v) is 2.19. The lowest BCUT2D eigenvalue weighted by atomic mass is 10.1. The molecule has 0 radical (unpaired) electrons. The first-order chi connectivity index (χ1) is 12.4. The van der Waals surface area contributed by atoms with Crippen LogP contribution in [0.5, 0.6) is 11.5 Å². The third-order valence-corrected chi connectivity index (χ3v) is 3.40. The molecule has 0 saturated carbocycles. The van der Waals surface area contributed by atoms with Gasteiger partial charge in [0.1, 0.15) is 0 Å². The van der Waals surface area contributed by atoms with Gasteiger partial charge in [0.05, 0.1) is 6.61 Å². The summed E-state index contributed by atoms with van der Waals surface area (Å²) in [5.74, 6) is -1.27. The topological polar surface area (TPSA) is 76.7 Å². The Morgan fingerprint density at radius 1 is 1.04 bits per heavy atom. The lowest BCUT2D eigenvalue weighted by molar-refractivity contribution is -0.0514. The zero-order valence-corrected chi connectivity index (χ0v) is 14.2. The van der Waals surface area contributed by atoms with Crippen LogP contribution in [0.3, 0.4) is 0 Å². The van der Waals surface area contributed by atoms with Gasteiger partial charge in [-0.2, -0.15) is 8.78 Å². The van der Waals surface area contributed by atoms with E-state index in [9.17, 15) is 18.4 Å². The third kappa shape index (κ3) is 4.92. The maximum absolute atomic E-state index is 12.4. The van der Waals surface area contributed by atoms with E-state index in [-0.39, 0.29) is 23.7 Å². The summed E-state index contributed by atoms with van der Waals surface area (Å²) in [7, 11) is 0. The number of hydrogen-bond acceptors (Lipinski definition) is 4. The summed E-state index contributed by atoms with van der Waals surface area (Å²) in [5, 5.41) is 0. The number of aryl methyl sites for hydroxylation is 1. The van der Waals surface area contributed by atoms with Crippen molar-refractivity contribution in [1.29, 1.82) is 0 Å². The van der Waals surface area contributed by atoms with Crippen molar-refractivity contribution in [2.45, 2.75) is 20.5 Å². The van der Waals surface area contributed by atoms with E-state index in [1.54, 1.807) is 38.1 Å². The molecule has 0 saturated heterocycles. The molecule has 0 atom stereocenters. The van der Waals surface area contributed by atoms with Gasteiger partial charge in [-0.1, -0.05) is 18.2 Å². The molecule has 0 heterocycles. The molecular formula is C18H18F2N2O4. The van der Waals surface area contributed by atoms with Gasteiger partial charge in [-0.15, -0.1) is 0 Å². The van der Waals surface area contributed by atoms with Crippen LogP contribution in [0.2, 0.25) is 0 Å². The molecule has 0 unspecified atom stereocenters. The van der Waals surface area contributed by atoms with Crippen molar-refractivity contribution in [3.05, 3.63) is 59.2 Å². The van der Waals surface area contributed by atoms with Crippen LogP contribution < -0.4 is 20.3 Å². The molecular weight excluding hydrogens is 346 g/mol. The first-order valence-corrected chi connectivity index (χ1v) is 7.80. The monoisotopic (exact) mass is 364 g/mol. The molecule has 8 heteroatoms. The second-order valence-corrected chi connectivity index (χ2v) is 5.20. The molecule has 0 aromatic heterocycles. The van der Waals surface area contributed by atoms with Crippen molar-refractivity contribution in [3.8, 4) is 11.5 Å². The number of benzene rings is 2. The molecule has 2 rings (SSSR count). The summed E-state index contributed by atoms with van der Waals surface area (Å²) in [4.78, 5) is 24.3. The zero-order chi connectivity index (χ0) is 19.1. The van der Waals surface area contributed by atoms with E-state index in [2.05, 4.69) is 15.6 Å². The van der Waals surface area contributed by atoms with E-state index in [4.69, 9.17) is 4.74 Å². The SMILES string of the molecule is CCOc1cc(C(=O)NNC(=O)c2ccccc2C)ccc1OC(F)F. The summed E-state index contributed by atoms with van der Waals surface area (Å²) in [6.45, 7) is 0.630. The molecule has 2 aromatic rings. The Morgan fingerprint density at radius 2 is 1.73 bits per heavy atom. The van der Waals surface area contributed by atoms with Crippen LogP contribution in [0.4, 0.5) is 8.78 Å². The maximum Gasteiger partial charge on any atom is 0.387 e. The molecule has 2 N–H and O–H groups in total. The lowest BCUT2D eigenvalue weighted by Gasteiger charge is -2.13. The second kappa shape index (κ2) is 8.80. The van der Waals surface area contributed by atoms with Crippen molar-refractivity contribution in [3.63, 3.8) is 0 Å². The van der Waals surface area contributed by atoms with Gasteiger partial charge in [-0.25, -0.2) is 0 Å². The molecule has 138 valence electrons. The Kier molecular flexibility index (Phi) is 6.48. The maximum atomic E-state index is 12.4. The number of hydrazine groups is 1. The van der Waals surface area contributed by atoms with E-state index >= 15 is 0 Å². The number of amides is 2. The Morgan fingerprint density at radius 3 is 2.38 bits per heavy atom. The van der Waals surface area contributed by atoms with E-state index in [1.165, 1.54) is 18.2 Å². The van der Waals surface area contributed by atoms with Gasteiger partial charge in [0.2, 0.25) is 0 Å². The highest BCUT2D eigenvalue weighted by molar-refractivity contribution is 6.00. The van der Waals surface area contributed by atoms with Crippen molar-refractivity contribution in [2.24, 2.45) is 0 Å². The molecule has 2 aromatic carbocycles. The van der Waals surface area contributed by atoms with Crippen LogP contribution >= 0.6 is 0 Å². The average Bonchev–Trinajstić information content (AvgIpc) is 2.61. The number of alkyl halides is 2. The first-order valence-electron chi connectivity index (χ1n) is 7.80. The summed E-state index contributed by atoms with van der Waals surface area (Å²) in [6, 6.07) is 10.7. The van der Waals surface area contributed by atoms with Crippen LogP contribution in [0, 0.1) is 6.92 Å². The smallest absolute Gasteiger partial charge is 0.387 e. The van der Waals surface area contributed by atoms with E-state index in [0.29, 0.717) is 5.56 Å². The second-order valence-electron chi connectivity index (χ2n) is 5.20. The van der Waals surface area contributed by atoms with Crippen molar-refractivity contribution in [2.75, 3.05) is 6.61 Å². The lowest BCUT2D eigenvalue weighted by Crippen LogP contribution is -2.41. The molecule has 0 bridgehead atoms. The van der Waals surface area contributed by atoms with E-state index < -0.39 is 18.4 Å². The van der Waals surface area contributed by atoms with Gasteiger partial charge in [-0.05, 0) is 43.7 Å². The van der Waals surface area contributed by atoms with Gasteiger partial charge in [0, 0.05) is 11.1 Å². The molecule has 0 spiro atoms. The molecule has 6 nitrogen and oxygen atoms in total. The summed E-state index contributed by atoms with van der Waals surface area (Å²) in [5.41, 5.74) is 5.86. The Hall–Kier alpha value is -3.16. The highest BCUT2D eigenvalue weighted by Crippen LogP contribution is 2.29. The minimum Gasteiger partial charge on any atom is -0.490 e. The van der Waals surface area contributed by atoms with E-state index in [1.807, 2.05) is 0 Å². The number of hydrogen-bond donors (Lipinski definition) is 2. The highest BCUT2D eigenvalue weighted by Gasteiger charge is 2.15. The number of ether oxygens (including phenoxy) is 2. The molecule has 0 fully saturated rings. The Balaban J connectivity index is 2.08. The minimum absolute atomic E-state index is 0.00526. The molecule has 0 aliphatic heterocycles. The van der Waals surface area contributed by atoms with Gasteiger partial charge in [0.15, 0.2) is 11.5 Å². The number of halogens is 2. The number of nitrogens with one attached hydrogen (secondary N) is 2. The summed E-state index contributed by atoms with van der Waals surface area (Å²) in [6.07, 6.45) is 0. The molecule has 0 aliphatic rings. The zero-order valence-electron chi connectivity index (χ0n) is 14.2. The quantitative estimate of drug-likeness (QED) is 0.773. The predicted molar refractivity (Wildman–Crippen MR) is 90.4 cm³/mol. The third-order valence-electron chi connectivity index (χ3n) is 3.40. The largest absolute Gasteiger partial charge is 0.490 e. The van der Waals surface area contributed by atoms with Crippen LogP contribution in [-0.4, -0.2) is 25.0 Å². The Labute approximate surface area is 149 Å². The summed E-state index contributed by atoms with van der Waals surface area (Å²) >= 11 is 0. The average molecular weight is 364 g/mol. The minimum atomic E-state index is -3.01.